The Bertz CT molecular complexity index is 424. The highest BCUT2D eigenvalue weighted by Crippen LogP contribution is 2.23. The van der Waals surface area contributed by atoms with Gasteiger partial charge in [-0.3, -0.25) is 4.79 Å². The largest absolute Gasteiger partial charge is 0.482 e. The molecule has 1 aliphatic rings. The molecule has 1 aromatic carbocycles. The minimum Gasteiger partial charge on any atom is -0.482 e. The molecule has 1 aliphatic heterocycles. The van der Waals surface area contributed by atoms with Crippen molar-refractivity contribution in [1.29, 1.82) is 0 Å². The lowest BCUT2D eigenvalue weighted by molar-refractivity contribution is -0.134. The summed E-state index contributed by atoms with van der Waals surface area (Å²) in [4.78, 5) is 13.6. The van der Waals surface area contributed by atoms with Gasteiger partial charge in [-0.05, 0) is 25.0 Å². The van der Waals surface area contributed by atoms with Crippen LogP contribution in [-0.4, -0.2) is 41.7 Å². The Morgan fingerprint density at radius 2 is 2.28 bits per heavy atom. The van der Waals surface area contributed by atoms with Crippen LogP contribution in [0.2, 0.25) is 5.02 Å². The van der Waals surface area contributed by atoms with E-state index in [1.165, 1.54) is 0 Å². The second-order valence-corrected chi connectivity index (χ2v) is 4.69. The minimum absolute atomic E-state index is 0.0117. The Morgan fingerprint density at radius 3 is 3.00 bits per heavy atom. The lowest BCUT2D eigenvalue weighted by Gasteiger charge is -2.23. The van der Waals surface area contributed by atoms with Crippen molar-refractivity contribution < 1.29 is 14.6 Å². The molecule has 1 heterocycles. The second kappa shape index (κ2) is 6.07. The SMILES string of the molecule is O=C(COc1ccccc1Cl)N1CCCC1CO. The Balaban J connectivity index is 1.90. The van der Waals surface area contributed by atoms with E-state index in [1.54, 1.807) is 29.2 Å². The van der Waals surface area contributed by atoms with Crippen molar-refractivity contribution in [3.05, 3.63) is 29.3 Å². The van der Waals surface area contributed by atoms with E-state index in [-0.39, 0.29) is 25.2 Å². The number of benzene rings is 1. The van der Waals surface area contributed by atoms with E-state index < -0.39 is 0 Å². The summed E-state index contributed by atoms with van der Waals surface area (Å²) in [5.74, 6) is 0.402. The van der Waals surface area contributed by atoms with E-state index in [4.69, 9.17) is 21.4 Å². The summed E-state index contributed by atoms with van der Waals surface area (Å²) >= 11 is 5.93. The number of halogens is 1. The zero-order valence-corrected chi connectivity index (χ0v) is 10.8. The van der Waals surface area contributed by atoms with Crippen molar-refractivity contribution in [2.24, 2.45) is 0 Å². The molecule has 4 nitrogen and oxygen atoms in total. The average molecular weight is 270 g/mol. The molecule has 5 heteroatoms. The molecule has 1 aromatic rings. The number of carbonyl (C=O) groups is 1. The van der Waals surface area contributed by atoms with Gasteiger partial charge in [-0.1, -0.05) is 23.7 Å². The molecule has 0 radical (unpaired) electrons. The van der Waals surface area contributed by atoms with Crippen molar-refractivity contribution in [2.45, 2.75) is 18.9 Å². The first-order valence-electron chi connectivity index (χ1n) is 6.00. The molecule has 1 saturated heterocycles. The number of carbonyl (C=O) groups excluding carboxylic acids is 1. The Labute approximate surface area is 111 Å². The van der Waals surface area contributed by atoms with Crippen LogP contribution >= 0.6 is 11.6 Å². The topological polar surface area (TPSA) is 49.8 Å². The van der Waals surface area contributed by atoms with E-state index in [2.05, 4.69) is 0 Å². The molecular weight excluding hydrogens is 254 g/mol. The average Bonchev–Trinajstić information content (AvgIpc) is 2.86. The quantitative estimate of drug-likeness (QED) is 0.905. The Kier molecular flexibility index (Phi) is 4.44. The predicted molar refractivity (Wildman–Crippen MR) is 68.8 cm³/mol. The van der Waals surface area contributed by atoms with Gasteiger partial charge in [0, 0.05) is 6.54 Å². The van der Waals surface area contributed by atoms with E-state index in [0.717, 1.165) is 12.8 Å². The van der Waals surface area contributed by atoms with Gasteiger partial charge in [-0.15, -0.1) is 0 Å². The molecule has 1 unspecified atom stereocenters. The summed E-state index contributed by atoms with van der Waals surface area (Å²) in [7, 11) is 0. The van der Waals surface area contributed by atoms with Gasteiger partial charge in [0.15, 0.2) is 6.61 Å². The first-order chi connectivity index (χ1) is 8.72. The molecule has 0 aromatic heterocycles. The van der Waals surface area contributed by atoms with Crippen molar-refractivity contribution >= 4 is 17.5 Å². The highest BCUT2D eigenvalue weighted by atomic mass is 35.5. The van der Waals surface area contributed by atoms with Crippen molar-refractivity contribution in [1.82, 2.24) is 4.90 Å². The summed E-state index contributed by atoms with van der Waals surface area (Å²) in [6.45, 7) is 0.661. The number of rotatable bonds is 4. The van der Waals surface area contributed by atoms with E-state index >= 15 is 0 Å². The fraction of sp³-hybridized carbons (Fsp3) is 0.462. The third-order valence-corrected chi connectivity index (χ3v) is 3.41. The zero-order chi connectivity index (χ0) is 13.0. The van der Waals surface area contributed by atoms with E-state index in [0.29, 0.717) is 17.3 Å². The highest BCUT2D eigenvalue weighted by Gasteiger charge is 2.28. The van der Waals surface area contributed by atoms with Crippen LogP contribution in [0.15, 0.2) is 24.3 Å². The summed E-state index contributed by atoms with van der Waals surface area (Å²) in [6.07, 6.45) is 1.79. The number of likely N-dealkylation sites (tertiary alicyclic amines) is 1. The van der Waals surface area contributed by atoms with Gasteiger partial charge >= 0.3 is 0 Å². The third-order valence-electron chi connectivity index (χ3n) is 3.10. The van der Waals surface area contributed by atoms with Crippen LogP contribution in [0.4, 0.5) is 0 Å². The number of para-hydroxylation sites is 1. The third kappa shape index (κ3) is 2.94. The predicted octanol–water partition coefficient (Wildman–Crippen LogP) is 1.70. The molecule has 1 amide bonds. The zero-order valence-electron chi connectivity index (χ0n) is 10.0. The maximum absolute atomic E-state index is 11.9. The van der Waals surface area contributed by atoms with Gasteiger partial charge in [-0.25, -0.2) is 0 Å². The molecule has 2 rings (SSSR count). The smallest absolute Gasteiger partial charge is 0.260 e. The first kappa shape index (κ1) is 13.2. The Morgan fingerprint density at radius 1 is 1.50 bits per heavy atom. The lowest BCUT2D eigenvalue weighted by atomic mass is 10.2. The van der Waals surface area contributed by atoms with Gasteiger partial charge < -0.3 is 14.7 Å². The van der Waals surface area contributed by atoms with E-state index in [1.807, 2.05) is 0 Å². The van der Waals surface area contributed by atoms with Crippen molar-refractivity contribution in [3.8, 4) is 5.75 Å². The maximum Gasteiger partial charge on any atom is 0.260 e. The fourth-order valence-corrected chi connectivity index (χ4v) is 2.33. The summed E-state index contributed by atoms with van der Waals surface area (Å²) in [5.41, 5.74) is 0. The second-order valence-electron chi connectivity index (χ2n) is 4.28. The van der Waals surface area contributed by atoms with Gasteiger partial charge in [0.1, 0.15) is 5.75 Å². The van der Waals surface area contributed by atoms with Crippen LogP contribution in [0.5, 0.6) is 5.75 Å². The van der Waals surface area contributed by atoms with Gasteiger partial charge in [0.2, 0.25) is 0 Å². The molecular formula is C13H16ClNO3. The lowest BCUT2D eigenvalue weighted by Crippen LogP contribution is -2.40. The normalized spacial score (nSPS) is 19.0. The van der Waals surface area contributed by atoms with Gasteiger partial charge in [-0.2, -0.15) is 0 Å². The minimum atomic E-state index is -0.105. The summed E-state index contributed by atoms with van der Waals surface area (Å²) in [5, 5.41) is 9.65. The molecule has 98 valence electrons. The number of hydrogen-bond donors (Lipinski definition) is 1. The van der Waals surface area contributed by atoms with Crippen molar-refractivity contribution in [3.63, 3.8) is 0 Å². The summed E-state index contributed by atoms with van der Waals surface area (Å²) in [6, 6.07) is 6.99. The Hall–Kier alpha value is -1.26. The molecule has 1 atom stereocenters. The number of ether oxygens (including phenoxy) is 1. The summed E-state index contributed by atoms with van der Waals surface area (Å²) < 4.78 is 5.40. The maximum atomic E-state index is 11.9. The monoisotopic (exact) mass is 269 g/mol. The number of amides is 1. The molecule has 0 aliphatic carbocycles. The van der Waals surface area contributed by atoms with Crippen LogP contribution < -0.4 is 4.74 Å². The number of aliphatic hydroxyl groups excluding tert-OH is 1. The molecule has 0 bridgehead atoms. The number of aliphatic hydroxyl groups is 1. The first-order valence-corrected chi connectivity index (χ1v) is 6.38. The molecule has 18 heavy (non-hydrogen) atoms. The molecule has 1 N–H and O–H groups in total. The molecule has 1 fully saturated rings. The van der Waals surface area contributed by atoms with Crippen LogP contribution in [0.1, 0.15) is 12.8 Å². The standard InChI is InChI=1S/C13H16ClNO3/c14-11-5-1-2-6-12(11)18-9-13(17)15-7-3-4-10(15)8-16/h1-2,5-6,10,16H,3-4,7-9H2. The van der Waals surface area contributed by atoms with Crippen LogP contribution in [0.3, 0.4) is 0 Å². The van der Waals surface area contributed by atoms with Crippen LogP contribution in [-0.2, 0) is 4.79 Å². The number of hydrogen-bond acceptors (Lipinski definition) is 3. The number of nitrogens with zero attached hydrogens (tertiary/aromatic N) is 1. The molecule has 0 saturated carbocycles. The van der Waals surface area contributed by atoms with Crippen LogP contribution in [0.25, 0.3) is 0 Å². The van der Waals surface area contributed by atoms with Gasteiger partial charge in [0.05, 0.1) is 17.7 Å². The van der Waals surface area contributed by atoms with E-state index in [9.17, 15) is 4.79 Å². The molecule has 0 spiro atoms. The van der Waals surface area contributed by atoms with Crippen molar-refractivity contribution in [2.75, 3.05) is 19.8 Å². The van der Waals surface area contributed by atoms with Gasteiger partial charge in [0.25, 0.3) is 5.91 Å². The van der Waals surface area contributed by atoms with Crippen LogP contribution in [0, 0.1) is 0 Å². The fourth-order valence-electron chi connectivity index (χ4n) is 2.14. The highest BCUT2D eigenvalue weighted by molar-refractivity contribution is 6.32.